The molecule has 94 valence electrons. The van der Waals surface area contributed by atoms with E-state index in [-0.39, 0.29) is 0 Å². The van der Waals surface area contributed by atoms with Crippen molar-refractivity contribution in [1.82, 2.24) is 0 Å². The van der Waals surface area contributed by atoms with Crippen LogP contribution in [0.15, 0.2) is 18.2 Å². The van der Waals surface area contributed by atoms with Gasteiger partial charge in [-0.1, -0.05) is 31.0 Å². The summed E-state index contributed by atoms with van der Waals surface area (Å²) in [6, 6.07) is 6.29. The molecule has 0 aliphatic heterocycles. The smallest absolute Gasteiger partial charge is 0.124 e. The number of hydrogen-bond acceptors (Lipinski definition) is 2. The van der Waals surface area contributed by atoms with E-state index in [9.17, 15) is 0 Å². The molecule has 2 heteroatoms. The summed E-state index contributed by atoms with van der Waals surface area (Å²) >= 11 is 0. The Labute approximate surface area is 104 Å². The minimum Gasteiger partial charge on any atom is -0.490 e. The van der Waals surface area contributed by atoms with Crippen molar-refractivity contribution < 1.29 is 4.74 Å². The van der Waals surface area contributed by atoms with Crippen LogP contribution in [0.1, 0.15) is 43.7 Å². The minimum atomic E-state index is 0.381. The summed E-state index contributed by atoms with van der Waals surface area (Å²) < 4.78 is 6.12. The molecule has 1 aliphatic carbocycles. The predicted octanol–water partition coefficient (Wildman–Crippen LogP) is 3.41. The van der Waals surface area contributed by atoms with Gasteiger partial charge in [-0.2, -0.15) is 0 Å². The lowest BCUT2D eigenvalue weighted by molar-refractivity contribution is 0.128. The highest BCUT2D eigenvalue weighted by atomic mass is 16.5. The molecule has 0 saturated heterocycles. The van der Waals surface area contributed by atoms with E-state index in [0.717, 1.165) is 17.2 Å². The van der Waals surface area contributed by atoms with E-state index >= 15 is 0 Å². The van der Waals surface area contributed by atoms with Gasteiger partial charge in [0.15, 0.2) is 0 Å². The van der Waals surface area contributed by atoms with Crippen molar-refractivity contribution in [3.63, 3.8) is 0 Å². The van der Waals surface area contributed by atoms with E-state index in [1.165, 1.54) is 31.2 Å². The molecule has 1 aliphatic rings. The summed E-state index contributed by atoms with van der Waals surface area (Å²) in [5.41, 5.74) is 8.15. The van der Waals surface area contributed by atoms with Crippen molar-refractivity contribution in [1.29, 1.82) is 0 Å². The first-order valence-electron chi connectivity index (χ1n) is 6.65. The van der Waals surface area contributed by atoms with E-state index in [1.807, 2.05) is 0 Å². The highest BCUT2D eigenvalue weighted by Crippen LogP contribution is 2.29. The third-order valence-corrected chi connectivity index (χ3v) is 3.62. The summed E-state index contributed by atoms with van der Waals surface area (Å²) in [5, 5.41) is 0. The second-order valence-electron chi connectivity index (χ2n) is 5.33. The highest BCUT2D eigenvalue weighted by molar-refractivity contribution is 5.36. The average molecular weight is 233 g/mol. The second kappa shape index (κ2) is 5.54. The summed E-state index contributed by atoms with van der Waals surface area (Å²) in [6.07, 6.45) is 5.37. The Morgan fingerprint density at radius 2 is 2.18 bits per heavy atom. The third kappa shape index (κ3) is 3.22. The fourth-order valence-corrected chi connectivity index (χ4v) is 2.65. The highest BCUT2D eigenvalue weighted by Gasteiger charge is 2.20. The van der Waals surface area contributed by atoms with Crippen LogP contribution in [0.3, 0.4) is 0 Å². The van der Waals surface area contributed by atoms with Gasteiger partial charge in [-0.05, 0) is 38.2 Å². The second-order valence-corrected chi connectivity index (χ2v) is 5.33. The lowest BCUT2D eigenvalue weighted by Gasteiger charge is -2.28. The molecule has 2 rings (SSSR count). The molecule has 1 saturated carbocycles. The zero-order valence-electron chi connectivity index (χ0n) is 10.9. The SMILES string of the molecule is Cc1ccc(OC2CCCC(C)C2)c(CN)c1. The molecule has 2 nitrogen and oxygen atoms in total. The van der Waals surface area contributed by atoms with Crippen molar-refractivity contribution >= 4 is 0 Å². The lowest BCUT2D eigenvalue weighted by atomic mass is 9.88. The Kier molecular flexibility index (Phi) is 4.06. The third-order valence-electron chi connectivity index (χ3n) is 3.62. The van der Waals surface area contributed by atoms with Gasteiger partial charge in [-0.15, -0.1) is 0 Å². The zero-order valence-corrected chi connectivity index (χ0v) is 10.9. The zero-order chi connectivity index (χ0) is 12.3. The molecule has 2 unspecified atom stereocenters. The standard InChI is InChI=1S/C15H23NO/c1-11-4-3-5-14(9-11)17-15-7-6-12(2)8-13(15)10-16/h6-8,11,14H,3-5,9-10,16H2,1-2H3. The molecule has 1 aromatic rings. The van der Waals surface area contributed by atoms with Gasteiger partial charge < -0.3 is 10.5 Å². The van der Waals surface area contributed by atoms with E-state index in [0.29, 0.717) is 12.6 Å². The van der Waals surface area contributed by atoms with Crippen molar-refractivity contribution in [3.05, 3.63) is 29.3 Å². The first-order valence-corrected chi connectivity index (χ1v) is 6.65. The fourth-order valence-electron chi connectivity index (χ4n) is 2.65. The van der Waals surface area contributed by atoms with Gasteiger partial charge in [0.2, 0.25) is 0 Å². The molecule has 0 radical (unpaired) electrons. The quantitative estimate of drug-likeness (QED) is 0.868. The molecule has 17 heavy (non-hydrogen) atoms. The number of hydrogen-bond donors (Lipinski definition) is 1. The van der Waals surface area contributed by atoms with E-state index in [2.05, 4.69) is 32.0 Å². The van der Waals surface area contributed by atoms with Crippen LogP contribution in [-0.2, 0) is 6.54 Å². The molecular formula is C15H23NO. The molecule has 0 aromatic heterocycles. The Balaban J connectivity index is 2.07. The van der Waals surface area contributed by atoms with Crippen LogP contribution < -0.4 is 10.5 Å². The molecule has 2 atom stereocenters. The maximum atomic E-state index is 6.12. The summed E-state index contributed by atoms with van der Waals surface area (Å²) in [7, 11) is 0. The molecule has 1 fully saturated rings. The van der Waals surface area contributed by atoms with Crippen molar-refractivity contribution in [2.24, 2.45) is 11.7 Å². The summed E-state index contributed by atoms with van der Waals surface area (Å²) in [4.78, 5) is 0. The molecule has 0 bridgehead atoms. The molecule has 1 aromatic carbocycles. The molecule has 2 N–H and O–H groups in total. The van der Waals surface area contributed by atoms with Gasteiger partial charge in [-0.3, -0.25) is 0 Å². The van der Waals surface area contributed by atoms with Crippen LogP contribution >= 0.6 is 0 Å². The van der Waals surface area contributed by atoms with Gasteiger partial charge in [0.1, 0.15) is 5.75 Å². The van der Waals surface area contributed by atoms with E-state index < -0.39 is 0 Å². The normalized spacial score (nSPS) is 24.6. The molecular weight excluding hydrogens is 210 g/mol. The van der Waals surface area contributed by atoms with Crippen LogP contribution in [-0.4, -0.2) is 6.10 Å². The van der Waals surface area contributed by atoms with Crippen molar-refractivity contribution in [2.75, 3.05) is 0 Å². The Morgan fingerprint density at radius 3 is 2.88 bits per heavy atom. The Hall–Kier alpha value is -1.02. The van der Waals surface area contributed by atoms with Gasteiger partial charge in [0.25, 0.3) is 0 Å². The van der Waals surface area contributed by atoms with Gasteiger partial charge in [0.05, 0.1) is 6.10 Å². The van der Waals surface area contributed by atoms with E-state index in [4.69, 9.17) is 10.5 Å². The maximum Gasteiger partial charge on any atom is 0.124 e. The lowest BCUT2D eigenvalue weighted by Crippen LogP contribution is -2.24. The van der Waals surface area contributed by atoms with Gasteiger partial charge >= 0.3 is 0 Å². The predicted molar refractivity (Wildman–Crippen MR) is 71.1 cm³/mol. The summed E-state index contributed by atoms with van der Waals surface area (Å²) in [5.74, 6) is 1.78. The van der Waals surface area contributed by atoms with Gasteiger partial charge in [0, 0.05) is 12.1 Å². The largest absolute Gasteiger partial charge is 0.490 e. The summed E-state index contributed by atoms with van der Waals surface area (Å²) in [6.45, 7) is 4.96. The van der Waals surface area contributed by atoms with Crippen LogP contribution in [0.4, 0.5) is 0 Å². The van der Waals surface area contributed by atoms with Crippen molar-refractivity contribution in [2.45, 2.75) is 52.2 Å². The maximum absolute atomic E-state index is 6.12. The first kappa shape index (κ1) is 12.4. The van der Waals surface area contributed by atoms with Gasteiger partial charge in [-0.25, -0.2) is 0 Å². The molecule has 0 heterocycles. The van der Waals surface area contributed by atoms with Crippen molar-refractivity contribution in [3.8, 4) is 5.75 Å². The molecule has 0 spiro atoms. The van der Waals surface area contributed by atoms with Crippen LogP contribution in [0.5, 0.6) is 5.75 Å². The number of ether oxygens (including phenoxy) is 1. The first-order chi connectivity index (χ1) is 8.19. The van der Waals surface area contributed by atoms with Crippen LogP contribution in [0.2, 0.25) is 0 Å². The molecule has 0 amide bonds. The Morgan fingerprint density at radius 1 is 1.35 bits per heavy atom. The number of rotatable bonds is 3. The average Bonchev–Trinajstić information content (AvgIpc) is 2.31. The number of aryl methyl sites for hydroxylation is 1. The van der Waals surface area contributed by atoms with E-state index in [1.54, 1.807) is 0 Å². The monoisotopic (exact) mass is 233 g/mol. The van der Waals surface area contributed by atoms with Crippen LogP contribution in [0, 0.1) is 12.8 Å². The van der Waals surface area contributed by atoms with Crippen LogP contribution in [0.25, 0.3) is 0 Å². The Bertz CT molecular complexity index is 375. The topological polar surface area (TPSA) is 35.2 Å². The number of benzene rings is 1. The number of nitrogens with two attached hydrogens (primary N) is 1. The fraction of sp³-hybridized carbons (Fsp3) is 0.600. The minimum absolute atomic E-state index is 0.381.